The number of halogens is 3. The summed E-state index contributed by atoms with van der Waals surface area (Å²) in [6.07, 6.45) is 9.52. The molecule has 2 saturated carbocycles. The summed E-state index contributed by atoms with van der Waals surface area (Å²) in [5.74, 6) is -0.448. The Hall–Kier alpha value is -3.30. The Balaban J connectivity index is 1.32. The summed E-state index contributed by atoms with van der Waals surface area (Å²) in [7, 11) is 1.71. The molecule has 0 aliphatic heterocycles. The molecule has 3 heterocycles. The molecule has 6 rings (SSSR count). The number of hydrogen-bond donors (Lipinski definition) is 1. The molecule has 3 aromatic heterocycles. The molecule has 40 heavy (non-hydrogen) atoms. The van der Waals surface area contributed by atoms with Gasteiger partial charge in [0, 0.05) is 32.0 Å². The zero-order valence-electron chi connectivity index (χ0n) is 22.8. The minimum atomic E-state index is -1.68. The molecule has 2 aliphatic rings. The summed E-state index contributed by atoms with van der Waals surface area (Å²) >= 11 is 0. The Kier molecular flexibility index (Phi) is 7.12. The minimum Gasteiger partial charge on any atom is -0.380 e. The molecule has 0 saturated heterocycles. The topological polar surface area (TPSA) is 78.3 Å². The highest BCUT2D eigenvalue weighted by molar-refractivity contribution is 5.63. The van der Waals surface area contributed by atoms with Gasteiger partial charge in [-0.3, -0.25) is 4.98 Å². The van der Waals surface area contributed by atoms with Gasteiger partial charge >= 0.3 is 0 Å². The van der Waals surface area contributed by atoms with Crippen LogP contribution in [0.3, 0.4) is 0 Å². The molecule has 4 aromatic rings. The van der Waals surface area contributed by atoms with Crippen molar-refractivity contribution >= 4 is 5.52 Å². The van der Waals surface area contributed by atoms with E-state index in [1.807, 2.05) is 12.3 Å². The third-order valence-corrected chi connectivity index (χ3v) is 8.86. The van der Waals surface area contributed by atoms with Crippen LogP contribution >= 0.6 is 0 Å². The molecular formula is C31H34F3N5O. The number of aromatic nitrogens is 4. The molecule has 2 fully saturated rings. The van der Waals surface area contributed by atoms with Gasteiger partial charge in [0.1, 0.15) is 23.1 Å². The Morgan fingerprint density at radius 2 is 1.82 bits per heavy atom. The lowest BCUT2D eigenvalue weighted by Crippen LogP contribution is -2.45. The Morgan fingerprint density at radius 1 is 1.07 bits per heavy atom. The van der Waals surface area contributed by atoms with Crippen LogP contribution in [0.2, 0.25) is 0 Å². The number of rotatable bonds is 6. The Labute approximate surface area is 231 Å². The Morgan fingerprint density at radius 3 is 2.52 bits per heavy atom. The standard InChI is InChI=1S/C31H34F3N5O/c1-18-11-19(12-26(35)30(18)40-2)23-7-10-36-16-20(23)13-28-37-17-22-5-6-27(38-39(22)28)29-24(32)14-21(15-25(29)33)31(34)8-3-4-9-31/h5-7,10,14-19,26,30H,3-4,8-9,11-13,35H2,1-2H3/t18-,19+,26+,30+/m0/s1. The van der Waals surface area contributed by atoms with Gasteiger partial charge in [0.15, 0.2) is 0 Å². The summed E-state index contributed by atoms with van der Waals surface area (Å²) in [5, 5.41) is 4.58. The second-order valence-corrected chi connectivity index (χ2v) is 11.5. The van der Waals surface area contributed by atoms with E-state index >= 15 is 13.2 Å². The monoisotopic (exact) mass is 549 g/mol. The van der Waals surface area contributed by atoms with Gasteiger partial charge in [-0.15, -0.1) is 0 Å². The van der Waals surface area contributed by atoms with Gasteiger partial charge in [-0.25, -0.2) is 22.7 Å². The van der Waals surface area contributed by atoms with Crippen LogP contribution in [-0.2, 0) is 16.8 Å². The number of ether oxygens (including phenoxy) is 1. The second kappa shape index (κ2) is 10.6. The van der Waals surface area contributed by atoms with Gasteiger partial charge in [0.05, 0.1) is 29.1 Å². The summed E-state index contributed by atoms with van der Waals surface area (Å²) in [6, 6.07) is 7.52. The van der Waals surface area contributed by atoms with Crippen LogP contribution in [0.4, 0.5) is 13.2 Å². The molecule has 0 radical (unpaired) electrons. The SMILES string of the molecule is CO[C@H]1[C@H](N)C[C@H](c2ccncc2Cc2ncc3ccc(-c4c(F)cc(C5(F)CCCC5)cc4F)nn23)C[C@@H]1C. The number of benzene rings is 1. The van der Waals surface area contributed by atoms with Crippen LogP contribution < -0.4 is 5.73 Å². The van der Waals surface area contributed by atoms with E-state index < -0.39 is 17.3 Å². The van der Waals surface area contributed by atoms with Crippen molar-refractivity contribution < 1.29 is 17.9 Å². The average Bonchev–Trinajstić information content (AvgIpc) is 3.55. The number of methoxy groups -OCH3 is 1. The van der Waals surface area contributed by atoms with Gasteiger partial charge in [-0.2, -0.15) is 5.10 Å². The number of alkyl halides is 1. The highest BCUT2D eigenvalue weighted by Gasteiger charge is 2.37. The normalized spacial score (nSPS) is 24.6. The van der Waals surface area contributed by atoms with Gasteiger partial charge in [0.2, 0.25) is 0 Å². The zero-order valence-corrected chi connectivity index (χ0v) is 22.8. The number of nitrogens with zero attached hydrogens (tertiary/aromatic N) is 4. The lowest BCUT2D eigenvalue weighted by atomic mass is 9.74. The van der Waals surface area contributed by atoms with E-state index in [1.54, 1.807) is 36.2 Å². The average molecular weight is 550 g/mol. The smallest absolute Gasteiger partial charge is 0.136 e. The molecule has 0 unspecified atom stereocenters. The lowest BCUT2D eigenvalue weighted by molar-refractivity contribution is 0.00970. The van der Waals surface area contributed by atoms with Crippen molar-refractivity contribution in [2.75, 3.05) is 7.11 Å². The molecule has 0 amide bonds. The maximum atomic E-state index is 15.3. The number of hydrogen-bond acceptors (Lipinski definition) is 5. The lowest BCUT2D eigenvalue weighted by Gasteiger charge is -2.38. The first-order valence-corrected chi connectivity index (χ1v) is 14.0. The number of imidazole rings is 1. The molecule has 9 heteroatoms. The van der Waals surface area contributed by atoms with Crippen LogP contribution in [-0.4, -0.2) is 38.8 Å². The maximum absolute atomic E-state index is 15.3. The predicted octanol–water partition coefficient (Wildman–Crippen LogP) is 6.25. The maximum Gasteiger partial charge on any atom is 0.136 e. The van der Waals surface area contributed by atoms with Gasteiger partial charge < -0.3 is 10.5 Å². The minimum absolute atomic E-state index is 0.0313. The van der Waals surface area contributed by atoms with E-state index in [4.69, 9.17) is 10.5 Å². The quantitative estimate of drug-likeness (QED) is 0.307. The fourth-order valence-electron chi connectivity index (χ4n) is 6.87. The summed E-state index contributed by atoms with van der Waals surface area (Å²) in [4.78, 5) is 8.94. The first-order valence-electron chi connectivity index (χ1n) is 14.0. The molecule has 6 nitrogen and oxygen atoms in total. The van der Waals surface area contributed by atoms with Crippen molar-refractivity contribution in [3.05, 3.63) is 83.1 Å². The summed E-state index contributed by atoms with van der Waals surface area (Å²) in [6.45, 7) is 2.17. The van der Waals surface area contributed by atoms with Crippen molar-refractivity contribution in [1.82, 2.24) is 19.6 Å². The van der Waals surface area contributed by atoms with Gasteiger partial charge in [0.25, 0.3) is 0 Å². The number of nitrogens with two attached hydrogens (primary N) is 1. The largest absolute Gasteiger partial charge is 0.380 e. The van der Waals surface area contributed by atoms with E-state index in [-0.39, 0.29) is 47.7 Å². The molecule has 210 valence electrons. The number of pyridine rings is 1. The third kappa shape index (κ3) is 4.79. The highest BCUT2D eigenvalue weighted by Crippen LogP contribution is 2.44. The Bertz CT molecular complexity index is 1500. The molecule has 2 N–H and O–H groups in total. The molecular weight excluding hydrogens is 515 g/mol. The molecule has 0 spiro atoms. The van der Waals surface area contributed by atoms with Crippen LogP contribution in [0, 0.1) is 17.6 Å². The van der Waals surface area contributed by atoms with Crippen molar-refractivity contribution in [3.8, 4) is 11.3 Å². The van der Waals surface area contributed by atoms with Crippen molar-refractivity contribution in [2.45, 2.75) is 75.6 Å². The fraction of sp³-hybridized carbons (Fsp3) is 0.452. The van der Waals surface area contributed by atoms with Crippen molar-refractivity contribution in [2.24, 2.45) is 11.7 Å². The van der Waals surface area contributed by atoms with E-state index in [0.717, 1.165) is 30.5 Å². The van der Waals surface area contributed by atoms with E-state index in [1.165, 1.54) is 5.56 Å². The fourth-order valence-corrected chi connectivity index (χ4v) is 6.87. The predicted molar refractivity (Wildman–Crippen MR) is 147 cm³/mol. The third-order valence-electron chi connectivity index (χ3n) is 8.86. The first-order chi connectivity index (χ1) is 19.3. The van der Waals surface area contributed by atoms with Crippen molar-refractivity contribution in [3.63, 3.8) is 0 Å². The van der Waals surface area contributed by atoms with Gasteiger partial charge in [-0.1, -0.05) is 6.92 Å². The van der Waals surface area contributed by atoms with Crippen LogP contribution in [0.1, 0.15) is 73.9 Å². The van der Waals surface area contributed by atoms with Gasteiger partial charge in [-0.05, 0) is 97.4 Å². The zero-order chi connectivity index (χ0) is 28.0. The van der Waals surface area contributed by atoms with E-state index in [0.29, 0.717) is 36.5 Å². The van der Waals surface area contributed by atoms with Crippen LogP contribution in [0.25, 0.3) is 16.8 Å². The van der Waals surface area contributed by atoms with Crippen LogP contribution in [0.5, 0.6) is 0 Å². The van der Waals surface area contributed by atoms with Crippen LogP contribution in [0.15, 0.2) is 48.9 Å². The molecule has 1 aromatic carbocycles. The number of fused-ring (bicyclic) bond motifs is 1. The molecule has 2 aliphatic carbocycles. The second-order valence-electron chi connectivity index (χ2n) is 11.5. The van der Waals surface area contributed by atoms with Crippen molar-refractivity contribution in [1.29, 1.82) is 0 Å². The first kappa shape index (κ1) is 26.9. The summed E-state index contributed by atoms with van der Waals surface area (Å²) in [5.41, 5.74) is 7.57. The van der Waals surface area contributed by atoms with E-state index in [9.17, 15) is 0 Å². The molecule has 0 bridgehead atoms. The highest BCUT2D eigenvalue weighted by atomic mass is 19.1. The molecule has 4 atom stereocenters. The summed E-state index contributed by atoms with van der Waals surface area (Å²) < 4.78 is 53.0. The van der Waals surface area contributed by atoms with E-state index in [2.05, 4.69) is 22.0 Å².